The van der Waals surface area contributed by atoms with Crippen LogP contribution in [0.25, 0.3) is 6.08 Å². The van der Waals surface area contributed by atoms with Crippen LogP contribution >= 0.6 is 0 Å². The smallest absolute Gasteiger partial charge is 0.163 e. The molecule has 0 saturated carbocycles. The number of allylic oxidation sites excluding steroid dienone is 1. The van der Waals surface area contributed by atoms with Gasteiger partial charge in [0, 0.05) is 30.3 Å². The fourth-order valence-corrected chi connectivity index (χ4v) is 2.65. The standard InChI is InChI=1S/C20H19NO/c1-2-15-8-11-18(21-14-15)6-4-3-5-16-7-9-17-10-12-20(22)19(17)13-16/h4-5,7-9,11,13-14H,2,6,10,12H2,1H3. The van der Waals surface area contributed by atoms with Crippen molar-refractivity contribution >= 4 is 11.9 Å². The van der Waals surface area contributed by atoms with Gasteiger partial charge in [0.05, 0.1) is 0 Å². The van der Waals surface area contributed by atoms with Crippen LogP contribution < -0.4 is 0 Å². The highest BCUT2D eigenvalue weighted by atomic mass is 16.1. The highest BCUT2D eigenvalue weighted by Crippen LogP contribution is 2.23. The summed E-state index contributed by atoms with van der Waals surface area (Å²) in [7, 11) is 0. The minimum atomic E-state index is 0.259. The lowest BCUT2D eigenvalue weighted by atomic mass is 10.1. The molecule has 2 aromatic rings. The Bertz CT molecular complexity index is 750. The number of ketones is 1. The Morgan fingerprint density at radius 1 is 1.23 bits per heavy atom. The first kappa shape index (κ1) is 14.5. The SMILES string of the molecule is CCc1ccc(CC=C=Cc2ccc3c(c2)C(=O)CC3)nc1. The predicted octanol–water partition coefficient (Wildman–Crippen LogP) is 4.18. The number of pyridine rings is 1. The lowest BCUT2D eigenvalue weighted by Crippen LogP contribution is -1.91. The molecule has 0 N–H and O–H groups in total. The summed E-state index contributed by atoms with van der Waals surface area (Å²) in [5.74, 6) is 0.259. The average molecular weight is 289 g/mol. The van der Waals surface area contributed by atoms with Crippen molar-refractivity contribution in [3.8, 4) is 0 Å². The van der Waals surface area contributed by atoms with E-state index in [0.717, 1.165) is 36.1 Å². The van der Waals surface area contributed by atoms with Crippen LogP contribution in [0.3, 0.4) is 0 Å². The number of carbonyl (C=O) groups excluding carboxylic acids is 1. The number of aromatic nitrogens is 1. The van der Waals surface area contributed by atoms with E-state index in [1.54, 1.807) is 0 Å². The molecule has 1 aliphatic rings. The number of hydrogen-bond donors (Lipinski definition) is 0. The first-order valence-electron chi connectivity index (χ1n) is 7.77. The van der Waals surface area contributed by atoms with E-state index in [4.69, 9.17) is 0 Å². The molecule has 1 aromatic heterocycles. The van der Waals surface area contributed by atoms with Crippen LogP contribution in [0.1, 0.15) is 46.1 Å². The Morgan fingerprint density at radius 2 is 2.14 bits per heavy atom. The van der Waals surface area contributed by atoms with E-state index < -0.39 is 0 Å². The van der Waals surface area contributed by atoms with Crippen molar-refractivity contribution < 1.29 is 4.79 Å². The quantitative estimate of drug-likeness (QED) is 0.790. The van der Waals surface area contributed by atoms with Crippen molar-refractivity contribution in [1.82, 2.24) is 4.98 Å². The van der Waals surface area contributed by atoms with Crippen molar-refractivity contribution in [2.24, 2.45) is 0 Å². The van der Waals surface area contributed by atoms with Gasteiger partial charge in [0.15, 0.2) is 5.78 Å². The lowest BCUT2D eigenvalue weighted by molar-refractivity contribution is 0.0994. The van der Waals surface area contributed by atoms with Gasteiger partial charge in [0.2, 0.25) is 0 Å². The first-order chi connectivity index (χ1) is 10.8. The molecule has 1 heterocycles. The van der Waals surface area contributed by atoms with E-state index in [2.05, 4.69) is 35.8 Å². The van der Waals surface area contributed by atoms with Crippen LogP contribution in [0.4, 0.5) is 0 Å². The number of rotatable bonds is 4. The molecule has 2 heteroatoms. The molecule has 0 fully saturated rings. The minimum absolute atomic E-state index is 0.259. The zero-order valence-corrected chi connectivity index (χ0v) is 12.8. The van der Waals surface area contributed by atoms with Crippen LogP contribution in [0.15, 0.2) is 48.3 Å². The maximum absolute atomic E-state index is 11.7. The monoisotopic (exact) mass is 289 g/mol. The van der Waals surface area contributed by atoms with Gasteiger partial charge in [-0.05, 0) is 53.8 Å². The Hall–Kier alpha value is -2.44. The predicted molar refractivity (Wildman–Crippen MR) is 89.0 cm³/mol. The molecule has 22 heavy (non-hydrogen) atoms. The zero-order chi connectivity index (χ0) is 15.4. The van der Waals surface area contributed by atoms with Gasteiger partial charge in [-0.25, -0.2) is 0 Å². The molecular formula is C20H19NO. The number of benzene rings is 1. The maximum atomic E-state index is 11.7. The summed E-state index contributed by atoms with van der Waals surface area (Å²) in [6, 6.07) is 10.3. The van der Waals surface area contributed by atoms with Crippen molar-refractivity contribution in [3.63, 3.8) is 0 Å². The average Bonchev–Trinajstić information content (AvgIpc) is 2.93. The molecule has 3 rings (SSSR count). The van der Waals surface area contributed by atoms with Crippen LogP contribution in [0, 0.1) is 0 Å². The summed E-state index contributed by atoms with van der Waals surface area (Å²) < 4.78 is 0. The Labute approximate surface area is 131 Å². The van der Waals surface area contributed by atoms with Crippen molar-refractivity contribution in [2.75, 3.05) is 0 Å². The molecule has 0 amide bonds. The molecule has 0 atom stereocenters. The molecule has 0 unspecified atom stereocenters. The third-order valence-electron chi connectivity index (χ3n) is 4.03. The summed E-state index contributed by atoms with van der Waals surface area (Å²) in [6.45, 7) is 2.13. The minimum Gasteiger partial charge on any atom is -0.294 e. The van der Waals surface area contributed by atoms with Gasteiger partial charge in [-0.15, -0.1) is 5.73 Å². The topological polar surface area (TPSA) is 30.0 Å². The zero-order valence-electron chi connectivity index (χ0n) is 12.8. The number of fused-ring (bicyclic) bond motifs is 1. The fourth-order valence-electron chi connectivity index (χ4n) is 2.65. The largest absolute Gasteiger partial charge is 0.294 e. The fraction of sp³-hybridized carbons (Fsp3) is 0.250. The number of nitrogens with zero attached hydrogens (tertiary/aromatic N) is 1. The van der Waals surface area contributed by atoms with Crippen molar-refractivity contribution in [3.05, 3.63) is 76.3 Å². The summed E-state index contributed by atoms with van der Waals surface area (Å²) in [6.07, 6.45) is 9.14. The molecule has 0 spiro atoms. The van der Waals surface area contributed by atoms with Crippen LogP contribution in [-0.4, -0.2) is 10.8 Å². The van der Waals surface area contributed by atoms with E-state index in [-0.39, 0.29) is 5.78 Å². The van der Waals surface area contributed by atoms with Crippen LogP contribution in [0.5, 0.6) is 0 Å². The Kier molecular flexibility index (Phi) is 4.32. The molecule has 1 aliphatic carbocycles. The lowest BCUT2D eigenvalue weighted by Gasteiger charge is -1.98. The van der Waals surface area contributed by atoms with Gasteiger partial charge in [-0.3, -0.25) is 9.78 Å². The molecule has 0 aliphatic heterocycles. The molecule has 2 nitrogen and oxygen atoms in total. The molecule has 0 saturated heterocycles. The third kappa shape index (κ3) is 3.24. The summed E-state index contributed by atoms with van der Waals surface area (Å²) in [5, 5.41) is 0. The number of Topliss-reactive ketones (excluding diaryl/α,β-unsaturated/α-hetero) is 1. The maximum Gasteiger partial charge on any atom is 0.163 e. The van der Waals surface area contributed by atoms with Gasteiger partial charge < -0.3 is 0 Å². The normalized spacial score (nSPS) is 12.7. The number of carbonyl (C=O) groups is 1. The molecule has 1 aromatic carbocycles. The second-order valence-corrected chi connectivity index (χ2v) is 5.57. The second kappa shape index (κ2) is 6.55. The second-order valence-electron chi connectivity index (χ2n) is 5.57. The number of aryl methyl sites for hydroxylation is 2. The van der Waals surface area contributed by atoms with Crippen LogP contribution in [0.2, 0.25) is 0 Å². The van der Waals surface area contributed by atoms with Crippen LogP contribution in [-0.2, 0) is 19.3 Å². The van der Waals surface area contributed by atoms with Gasteiger partial charge in [-0.2, -0.15) is 0 Å². The first-order valence-corrected chi connectivity index (χ1v) is 7.77. The van der Waals surface area contributed by atoms with Crippen molar-refractivity contribution in [1.29, 1.82) is 0 Å². The highest BCUT2D eigenvalue weighted by molar-refractivity contribution is 6.00. The van der Waals surface area contributed by atoms with E-state index in [1.165, 1.54) is 11.1 Å². The molecule has 110 valence electrons. The summed E-state index contributed by atoms with van der Waals surface area (Å²) in [4.78, 5) is 16.2. The van der Waals surface area contributed by atoms with E-state index >= 15 is 0 Å². The van der Waals surface area contributed by atoms with E-state index in [0.29, 0.717) is 6.42 Å². The summed E-state index contributed by atoms with van der Waals surface area (Å²) >= 11 is 0. The Morgan fingerprint density at radius 3 is 2.91 bits per heavy atom. The van der Waals surface area contributed by atoms with Gasteiger partial charge in [0.1, 0.15) is 0 Å². The van der Waals surface area contributed by atoms with E-state index in [1.807, 2.05) is 30.5 Å². The Balaban J connectivity index is 1.68. The van der Waals surface area contributed by atoms with E-state index in [9.17, 15) is 4.79 Å². The molecule has 0 bridgehead atoms. The highest BCUT2D eigenvalue weighted by Gasteiger charge is 2.18. The molecular weight excluding hydrogens is 270 g/mol. The third-order valence-corrected chi connectivity index (χ3v) is 4.03. The van der Waals surface area contributed by atoms with Gasteiger partial charge in [0.25, 0.3) is 0 Å². The molecule has 0 radical (unpaired) electrons. The van der Waals surface area contributed by atoms with Crippen molar-refractivity contribution in [2.45, 2.75) is 32.6 Å². The number of hydrogen-bond acceptors (Lipinski definition) is 2. The van der Waals surface area contributed by atoms with Gasteiger partial charge in [-0.1, -0.05) is 25.1 Å². The van der Waals surface area contributed by atoms with Gasteiger partial charge >= 0.3 is 0 Å². The summed E-state index contributed by atoms with van der Waals surface area (Å²) in [5.41, 5.74) is 8.56.